The van der Waals surface area contributed by atoms with Crippen LogP contribution in [0.5, 0.6) is 0 Å². The van der Waals surface area contributed by atoms with Gasteiger partial charge >= 0.3 is 0 Å². The number of nitrogens with zero attached hydrogens (tertiary/aromatic N) is 4. The fourth-order valence-corrected chi connectivity index (χ4v) is 4.70. The van der Waals surface area contributed by atoms with Crippen molar-refractivity contribution >= 4 is 45.7 Å². The number of imidazole rings is 1. The Morgan fingerprint density at radius 1 is 1.00 bits per heavy atom. The van der Waals surface area contributed by atoms with Crippen LogP contribution in [0.4, 0.5) is 10.5 Å². The second-order valence-corrected chi connectivity index (χ2v) is 8.89. The molecule has 8 heteroatoms. The number of amides is 2. The fourth-order valence-electron chi connectivity index (χ4n) is 4.02. The maximum absolute atomic E-state index is 11.8. The number of fused-ring (bicyclic) bond motifs is 1. The maximum Gasteiger partial charge on any atom is 0.290 e. The van der Waals surface area contributed by atoms with E-state index in [1.54, 1.807) is 6.08 Å². The van der Waals surface area contributed by atoms with Crippen molar-refractivity contribution in [1.29, 1.82) is 0 Å². The molecule has 2 amide bonds. The summed E-state index contributed by atoms with van der Waals surface area (Å²) in [5.74, 6) is -0.348. The van der Waals surface area contributed by atoms with Gasteiger partial charge in [-0.1, -0.05) is 6.07 Å². The van der Waals surface area contributed by atoms with Crippen LogP contribution in [0.2, 0.25) is 0 Å². The first-order chi connectivity index (χ1) is 15.1. The lowest BCUT2D eigenvalue weighted by Crippen LogP contribution is -2.28. The van der Waals surface area contributed by atoms with Gasteiger partial charge < -0.3 is 9.80 Å². The minimum absolute atomic E-state index is 0.335. The van der Waals surface area contributed by atoms with Gasteiger partial charge in [0.2, 0.25) is 0 Å². The Kier molecular flexibility index (Phi) is 5.25. The number of carbonyl (C=O) groups excluding carboxylic acids is 2. The molecular weight excluding hydrogens is 410 g/mol. The van der Waals surface area contributed by atoms with E-state index in [-0.39, 0.29) is 11.1 Å². The van der Waals surface area contributed by atoms with Crippen LogP contribution >= 0.6 is 11.8 Å². The van der Waals surface area contributed by atoms with Gasteiger partial charge in [-0.05, 0) is 79.8 Å². The largest absolute Gasteiger partial charge is 0.370 e. The summed E-state index contributed by atoms with van der Waals surface area (Å²) in [6.07, 6.45) is 4.73. The molecule has 0 bridgehead atoms. The van der Waals surface area contributed by atoms with Crippen molar-refractivity contribution in [2.45, 2.75) is 6.42 Å². The second kappa shape index (κ2) is 8.20. The molecule has 5 rings (SSSR count). The standard InChI is InChI=1S/C23H23N5O2S/c1-26-9-2-10-27(12-11-26)17-4-6-18(7-5-17)28-15-24-19-8-3-16(13-20(19)28)14-21-22(29)25-23(30)31-21/h3-8,13-15H,2,9-12H2,1H3,(H,25,29,30)/b21-14-. The van der Waals surface area contributed by atoms with E-state index in [2.05, 4.69) is 51.4 Å². The number of hydrogen-bond donors (Lipinski definition) is 1. The van der Waals surface area contributed by atoms with E-state index >= 15 is 0 Å². The first-order valence-corrected chi connectivity index (χ1v) is 11.1. The van der Waals surface area contributed by atoms with Crippen molar-refractivity contribution in [3.8, 4) is 5.69 Å². The molecule has 0 aliphatic carbocycles. The Morgan fingerprint density at radius 3 is 2.58 bits per heavy atom. The van der Waals surface area contributed by atoms with E-state index in [1.807, 2.05) is 29.1 Å². The zero-order valence-electron chi connectivity index (χ0n) is 17.2. The van der Waals surface area contributed by atoms with Crippen molar-refractivity contribution < 1.29 is 9.59 Å². The van der Waals surface area contributed by atoms with Crippen LogP contribution in [-0.2, 0) is 4.79 Å². The number of anilines is 1. The van der Waals surface area contributed by atoms with Crippen molar-refractivity contribution in [2.24, 2.45) is 0 Å². The van der Waals surface area contributed by atoms with Crippen LogP contribution < -0.4 is 10.2 Å². The quantitative estimate of drug-likeness (QED) is 0.638. The van der Waals surface area contributed by atoms with Crippen LogP contribution in [0, 0.1) is 0 Å². The molecule has 3 heterocycles. The number of carbonyl (C=O) groups is 2. The molecule has 31 heavy (non-hydrogen) atoms. The molecule has 1 N–H and O–H groups in total. The summed E-state index contributed by atoms with van der Waals surface area (Å²) in [6, 6.07) is 14.4. The topological polar surface area (TPSA) is 70.5 Å². The van der Waals surface area contributed by atoms with E-state index in [1.165, 1.54) is 12.1 Å². The molecule has 3 aromatic rings. The van der Waals surface area contributed by atoms with Crippen LogP contribution in [0.25, 0.3) is 22.8 Å². The van der Waals surface area contributed by atoms with Crippen molar-refractivity contribution in [3.63, 3.8) is 0 Å². The van der Waals surface area contributed by atoms with Gasteiger partial charge in [0.05, 0.1) is 15.9 Å². The van der Waals surface area contributed by atoms with Gasteiger partial charge in [0.1, 0.15) is 6.33 Å². The molecule has 0 unspecified atom stereocenters. The molecule has 7 nitrogen and oxygen atoms in total. The van der Waals surface area contributed by atoms with Gasteiger partial charge in [0, 0.05) is 31.0 Å². The minimum Gasteiger partial charge on any atom is -0.370 e. The fraction of sp³-hybridized carbons (Fsp3) is 0.261. The summed E-state index contributed by atoms with van der Waals surface area (Å²) in [5, 5.41) is 1.95. The third-order valence-electron chi connectivity index (χ3n) is 5.72. The Balaban J connectivity index is 1.43. The predicted octanol–water partition coefficient (Wildman–Crippen LogP) is 3.49. The predicted molar refractivity (Wildman–Crippen MR) is 125 cm³/mol. The number of imide groups is 1. The van der Waals surface area contributed by atoms with Gasteiger partial charge in [-0.25, -0.2) is 4.98 Å². The molecule has 0 radical (unpaired) electrons. The maximum atomic E-state index is 11.8. The zero-order chi connectivity index (χ0) is 21.4. The van der Waals surface area contributed by atoms with Crippen LogP contribution in [-0.4, -0.2) is 58.8 Å². The molecule has 158 valence electrons. The van der Waals surface area contributed by atoms with Crippen LogP contribution in [0.1, 0.15) is 12.0 Å². The number of nitrogens with one attached hydrogen (secondary N) is 1. The third kappa shape index (κ3) is 4.08. The lowest BCUT2D eigenvalue weighted by Gasteiger charge is -2.23. The summed E-state index contributed by atoms with van der Waals surface area (Å²) in [7, 11) is 2.18. The Bertz CT molecular complexity index is 1180. The van der Waals surface area contributed by atoms with Gasteiger partial charge in [0.25, 0.3) is 11.1 Å². The highest BCUT2D eigenvalue weighted by molar-refractivity contribution is 8.18. The second-order valence-electron chi connectivity index (χ2n) is 7.88. The monoisotopic (exact) mass is 433 g/mol. The molecule has 2 aliphatic heterocycles. The van der Waals surface area contributed by atoms with Crippen LogP contribution in [0.15, 0.2) is 53.7 Å². The van der Waals surface area contributed by atoms with Gasteiger partial charge in [-0.15, -0.1) is 0 Å². The van der Waals surface area contributed by atoms with Gasteiger partial charge in [0.15, 0.2) is 0 Å². The molecule has 2 fully saturated rings. The molecule has 0 atom stereocenters. The van der Waals surface area contributed by atoms with Crippen molar-refractivity contribution in [2.75, 3.05) is 38.1 Å². The smallest absolute Gasteiger partial charge is 0.290 e. The molecule has 1 aromatic heterocycles. The number of thioether (sulfide) groups is 1. The molecule has 2 aromatic carbocycles. The first kappa shape index (κ1) is 19.8. The zero-order valence-corrected chi connectivity index (χ0v) is 18.1. The Hall–Kier alpha value is -3.10. The Labute approximate surface area is 184 Å². The summed E-state index contributed by atoms with van der Waals surface area (Å²) < 4.78 is 2.05. The summed E-state index contributed by atoms with van der Waals surface area (Å²) in [4.78, 5) is 33.0. The number of rotatable bonds is 3. The van der Waals surface area contributed by atoms with Crippen molar-refractivity contribution in [1.82, 2.24) is 19.8 Å². The lowest BCUT2D eigenvalue weighted by atomic mass is 10.1. The van der Waals surface area contributed by atoms with Crippen LogP contribution in [0.3, 0.4) is 0 Å². The molecule has 2 aliphatic rings. The van der Waals surface area contributed by atoms with E-state index in [0.29, 0.717) is 4.91 Å². The third-order valence-corrected chi connectivity index (χ3v) is 6.53. The average molecular weight is 434 g/mol. The summed E-state index contributed by atoms with van der Waals surface area (Å²) in [6.45, 7) is 4.33. The van der Waals surface area contributed by atoms with E-state index in [9.17, 15) is 9.59 Å². The molecule has 0 spiro atoms. The highest BCUT2D eigenvalue weighted by atomic mass is 32.2. The number of hydrogen-bond acceptors (Lipinski definition) is 6. The Morgan fingerprint density at radius 2 is 1.81 bits per heavy atom. The molecule has 2 saturated heterocycles. The summed E-state index contributed by atoms with van der Waals surface area (Å²) in [5.41, 5.74) is 4.95. The number of likely N-dealkylation sites (N-methyl/N-ethyl adjacent to an activating group) is 1. The van der Waals surface area contributed by atoms with Gasteiger partial charge in [-0.3, -0.25) is 19.5 Å². The highest BCUT2D eigenvalue weighted by Crippen LogP contribution is 2.28. The molecular formula is C23H23N5O2S. The molecule has 0 saturated carbocycles. The highest BCUT2D eigenvalue weighted by Gasteiger charge is 2.25. The van der Waals surface area contributed by atoms with E-state index < -0.39 is 0 Å². The average Bonchev–Trinajstić information content (AvgIpc) is 3.24. The number of aromatic nitrogens is 2. The number of benzene rings is 2. The first-order valence-electron chi connectivity index (χ1n) is 10.3. The van der Waals surface area contributed by atoms with E-state index in [4.69, 9.17) is 0 Å². The lowest BCUT2D eigenvalue weighted by molar-refractivity contribution is -0.115. The minimum atomic E-state index is -0.348. The normalized spacial score (nSPS) is 19.3. The van der Waals surface area contributed by atoms with E-state index in [0.717, 1.165) is 60.2 Å². The van der Waals surface area contributed by atoms with Gasteiger partial charge in [-0.2, -0.15) is 0 Å². The SMILES string of the molecule is CN1CCCN(c2ccc(-n3cnc4ccc(/C=C5\SC(=O)NC5=O)cc43)cc2)CC1. The summed E-state index contributed by atoms with van der Waals surface area (Å²) >= 11 is 0.925. The van der Waals surface area contributed by atoms with Crippen molar-refractivity contribution in [3.05, 3.63) is 59.3 Å².